The van der Waals surface area contributed by atoms with Crippen LogP contribution < -0.4 is 0 Å². The van der Waals surface area contributed by atoms with Gasteiger partial charge in [0.05, 0.1) is 43.7 Å². The number of ether oxygens (including phenoxy) is 13. The van der Waals surface area contributed by atoms with Crippen molar-refractivity contribution in [3.05, 3.63) is 215 Å². The molecule has 0 aromatic heterocycles. The topological polar surface area (TPSA) is 195 Å². The van der Waals surface area contributed by atoms with E-state index in [9.17, 15) is 19.8 Å². The average Bonchev–Trinajstić information content (AvgIpc) is 3.93. The van der Waals surface area contributed by atoms with Gasteiger partial charge in [-0.15, -0.1) is 0 Å². The molecule has 4 saturated heterocycles. The van der Waals surface area contributed by atoms with Crippen LogP contribution in [0.4, 0.5) is 0 Å². The fourth-order valence-corrected chi connectivity index (χ4v) is 10.3. The molecule has 0 aliphatic carbocycles. The molecule has 15 atom stereocenters. The summed E-state index contributed by atoms with van der Waals surface area (Å²) in [5.74, 6) is -2.49. The number of fused-ring (bicyclic) bond motifs is 1. The Morgan fingerprint density at radius 3 is 1.32 bits per heavy atom. The molecule has 4 fully saturated rings. The first kappa shape index (κ1) is 57.0. The Labute approximate surface area is 465 Å². The highest BCUT2D eigenvalue weighted by molar-refractivity contribution is 5.89. The predicted octanol–water partition coefficient (Wildman–Crippen LogP) is 7.88. The standard InChI is InChI=1S/C63H68O17/c1-40-51(68-34-41-22-10-4-11-23-41)56(69-35-42-24-12-5-13-25-42)57(70-36-43-26-14-6-15-27-43)62(74-40)78-54-49(64)60(73-37-44-28-16-7-17-29-44)75-47(38-71-58(66)45-30-18-8-19-31-45)52(54)77-61-50(65)55-53(79-63(2,3)80-55)48(76-61)39-72-59(67)46-32-20-9-21-33-46/h4-33,40,47-57,60-62,64-65H,34-39H2,1-3H3/t40-,47+,48+,49+,50+,51+,52+,53-,54+,55+,56+,57-,60+,61-,62-/m0/s1. The summed E-state index contributed by atoms with van der Waals surface area (Å²) in [6, 6.07) is 55.3. The number of esters is 2. The SMILES string of the molecule is C[C@@H]1O[C@@H](O[C@@H]2[C@@H](O)[C@H](OCc3ccccc3)O[C@H](COC(=O)c3ccccc3)[C@H]2O[C@@H]2O[C@H](COC(=O)c3ccccc3)[C@@H]3OC(C)(C)O[C@@H]3[C@H]2O)[C@@H](OCc2ccccc2)[C@H](OCc2ccccc2)[C@@H]1OCc1ccccc1. The van der Waals surface area contributed by atoms with Gasteiger partial charge < -0.3 is 71.8 Å². The van der Waals surface area contributed by atoms with E-state index in [2.05, 4.69) is 0 Å². The molecule has 0 unspecified atom stereocenters. The molecule has 17 heteroatoms. The summed E-state index contributed by atoms with van der Waals surface area (Å²) in [6.07, 6.45) is -18.2. The Morgan fingerprint density at radius 2 is 0.825 bits per heavy atom. The third-order valence-corrected chi connectivity index (χ3v) is 14.3. The molecule has 0 spiro atoms. The lowest BCUT2D eigenvalue weighted by Gasteiger charge is -2.50. The van der Waals surface area contributed by atoms with Gasteiger partial charge in [-0.2, -0.15) is 0 Å². The van der Waals surface area contributed by atoms with E-state index < -0.39 is 116 Å². The van der Waals surface area contributed by atoms with Crippen molar-refractivity contribution in [1.29, 1.82) is 0 Å². The maximum atomic E-state index is 13.8. The van der Waals surface area contributed by atoms with Crippen LogP contribution in [0.5, 0.6) is 0 Å². The van der Waals surface area contributed by atoms with Crippen LogP contribution in [-0.2, 0) is 88.0 Å². The van der Waals surface area contributed by atoms with Crippen LogP contribution in [0.3, 0.4) is 0 Å². The number of aliphatic hydroxyl groups excluding tert-OH is 2. The van der Waals surface area contributed by atoms with Gasteiger partial charge in [-0.3, -0.25) is 0 Å². The molecular weight excluding hydrogens is 1030 g/mol. The Balaban J connectivity index is 1.02. The summed E-state index contributed by atoms with van der Waals surface area (Å²) in [6.45, 7) is 4.92. The summed E-state index contributed by atoms with van der Waals surface area (Å²) in [4.78, 5) is 27.1. The zero-order valence-electron chi connectivity index (χ0n) is 44.7. The molecule has 17 nitrogen and oxygen atoms in total. The quantitative estimate of drug-likeness (QED) is 0.0623. The number of hydrogen-bond donors (Lipinski definition) is 2. The first-order valence-electron chi connectivity index (χ1n) is 27.0. The van der Waals surface area contributed by atoms with Gasteiger partial charge in [0.2, 0.25) is 0 Å². The number of carbonyl (C=O) groups excluding carboxylic acids is 2. The molecule has 0 amide bonds. The highest BCUT2D eigenvalue weighted by atomic mass is 16.8. The van der Waals surface area contributed by atoms with Crippen molar-refractivity contribution in [2.75, 3.05) is 13.2 Å². The molecule has 422 valence electrons. The first-order valence-corrected chi connectivity index (χ1v) is 27.0. The molecule has 4 heterocycles. The third kappa shape index (κ3) is 14.4. The number of carbonyl (C=O) groups is 2. The molecular formula is C63H68O17. The fraction of sp³-hybridized carbons (Fsp3) is 0.397. The highest BCUT2D eigenvalue weighted by Crippen LogP contribution is 2.41. The van der Waals surface area contributed by atoms with Crippen molar-refractivity contribution in [1.82, 2.24) is 0 Å². The molecule has 6 aromatic carbocycles. The van der Waals surface area contributed by atoms with Crippen LogP contribution in [0.1, 0.15) is 63.7 Å². The average molecular weight is 1100 g/mol. The van der Waals surface area contributed by atoms with Gasteiger partial charge >= 0.3 is 11.9 Å². The molecule has 4 aliphatic rings. The summed E-state index contributed by atoms with van der Waals surface area (Å²) in [5.41, 5.74) is 4.04. The lowest BCUT2D eigenvalue weighted by atomic mass is 9.95. The molecule has 2 N–H and O–H groups in total. The maximum Gasteiger partial charge on any atom is 0.338 e. The van der Waals surface area contributed by atoms with Crippen LogP contribution in [0.25, 0.3) is 0 Å². The van der Waals surface area contributed by atoms with Gasteiger partial charge in [-0.25, -0.2) is 9.59 Å². The lowest BCUT2D eigenvalue weighted by Crippen LogP contribution is -2.67. The van der Waals surface area contributed by atoms with Gasteiger partial charge in [0.15, 0.2) is 24.7 Å². The monoisotopic (exact) mass is 1100 g/mol. The Morgan fingerprint density at radius 1 is 0.425 bits per heavy atom. The van der Waals surface area contributed by atoms with Gasteiger partial charge in [0.25, 0.3) is 0 Å². The summed E-state index contributed by atoms with van der Waals surface area (Å²) in [7, 11) is 0. The lowest BCUT2D eigenvalue weighted by molar-refractivity contribution is -0.388. The van der Waals surface area contributed by atoms with Crippen molar-refractivity contribution >= 4 is 11.9 Å². The van der Waals surface area contributed by atoms with E-state index in [4.69, 9.17) is 61.6 Å². The Bertz CT molecular complexity index is 2830. The predicted molar refractivity (Wildman–Crippen MR) is 287 cm³/mol. The van der Waals surface area contributed by atoms with Crippen LogP contribution in [0, 0.1) is 0 Å². The van der Waals surface area contributed by atoms with Crippen LogP contribution >= 0.6 is 0 Å². The molecule has 0 saturated carbocycles. The highest BCUT2D eigenvalue weighted by Gasteiger charge is 2.59. The van der Waals surface area contributed by atoms with Crippen molar-refractivity contribution in [2.24, 2.45) is 0 Å². The molecule has 80 heavy (non-hydrogen) atoms. The molecule has 4 aliphatic heterocycles. The Kier molecular flexibility index (Phi) is 19.2. The minimum absolute atomic E-state index is 0.00301. The van der Waals surface area contributed by atoms with E-state index in [1.165, 1.54) is 0 Å². The largest absolute Gasteiger partial charge is 0.459 e. The zero-order chi connectivity index (χ0) is 55.4. The molecule has 0 radical (unpaired) electrons. The fourth-order valence-electron chi connectivity index (χ4n) is 10.3. The molecule has 0 bridgehead atoms. The second kappa shape index (κ2) is 27.0. The Hall–Kier alpha value is -6.26. The minimum atomic E-state index is -1.67. The smallest absolute Gasteiger partial charge is 0.338 e. The van der Waals surface area contributed by atoms with Crippen molar-refractivity contribution < 1.29 is 81.4 Å². The van der Waals surface area contributed by atoms with Gasteiger partial charge in [0, 0.05) is 0 Å². The second-order valence-corrected chi connectivity index (χ2v) is 20.6. The van der Waals surface area contributed by atoms with Crippen molar-refractivity contribution in [2.45, 2.75) is 145 Å². The molecule has 10 rings (SSSR count). The van der Waals surface area contributed by atoms with Gasteiger partial charge in [-0.05, 0) is 67.3 Å². The maximum absolute atomic E-state index is 13.8. The van der Waals surface area contributed by atoms with E-state index in [-0.39, 0.29) is 38.6 Å². The number of rotatable bonds is 22. The summed E-state index contributed by atoms with van der Waals surface area (Å²) in [5, 5.41) is 25.1. The van der Waals surface area contributed by atoms with Crippen LogP contribution in [-0.4, -0.2) is 133 Å². The molecule has 6 aromatic rings. The van der Waals surface area contributed by atoms with E-state index in [1.807, 2.05) is 128 Å². The number of aliphatic hydroxyl groups is 2. The summed E-state index contributed by atoms with van der Waals surface area (Å²) >= 11 is 0. The zero-order valence-corrected chi connectivity index (χ0v) is 44.7. The van der Waals surface area contributed by atoms with E-state index in [0.29, 0.717) is 5.56 Å². The van der Waals surface area contributed by atoms with E-state index in [0.717, 1.165) is 22.3 Å². The van der Waals surface area contributed by atoms with Crippen molar-refractivity contribution in [3.8, 4) is 0 Å². The minimum Gasteiger partial charge on any atom is -0.459 e. The van der Waals surface area contributed by atoms with Crippen LogP contribution in [0.15, 0.2) is 182 Å². The van der Waals surface area contributed by atoms with Crippen LogP contribution in [0.2, 0.25) is 0 Å². The van der Waals surface area contributed by atoms with E-state index >= 15 is 0 Å². The van der Waals surface area contributed by atoms with Crippen molar-refractivity contribution in [3.63, 3.8) is 0 Å². The first-order chi connectivity index (χ1) is 39.0. The number of benzene rings is 6. The van der Waals surface area contributed by atoms with Gasteiger partial charge in [0.1, 0.15) is 80.4 Å². The third-order valence-electron chi connectivity index (χ3n) is 14.3. The van der Waals surface area contributed by atoms with E-state index in [1.54, 1.807) is 74.5 Å². The second-order valence-electron chi connectivity index (χ2n) is 20.6. The summed E-state index contributed by atoms with van der Waals surface area (Å²) < 4.78 is 85.4. The number of hydrogen-bond acceptors (Lipinski definition) is 17. The van der Waals surface area contributed by atoms with Gasteiger partial charge in [-0.1, -0.05) is 158 Å². The normalized spacial score (nSPS) is 30.0.